The Labute approximate surface area is 155 Å². The second-order valence-electron chi connectivity index (χ2n) is 6.61. The number of benzene rings is 1. The molecular formula is C18H28N2O5S. The van der Waals surface area contributed by atoms with E-state index in [-0.39, 0.29) is 35.5 Å². The van der Waals surface area contributed by atoms with E-state index in [2.05, 4.69) is 5.32 Å². The third-order valence-electron chi connectivity index (χ3n) is 4.32. The fourth-order valence-electron chi connectivity index (χ4n) is 2.85. The molecule has 2 atom stereocenters. The monoisotopic (exact) mass is 384 g/mol. The summed E-state index contributed by atoms with van der Waals surface area (Å²) in [4.78, 5) is 14.4. The minimum atomic E-state index is -3.34. The highest BCUT2D eigenvalue weighted by atomic mass is 32.2. The van der Waals surface area contributed by atoms with Crippen LogP contribution in [0.15, 0.2) is 29.2 Å². The van der Waals surface area contributed by atoms with Gasteiger partial charge in [-0.25, -0.2) is 13.2 Å². The van der Waals surface area contributed by atoms with Gasteiger partial charge >= 0.3 is 6.03 Å². The number of sulfone groups is 1. The van der Waals surface area contributed by atoms with E-state index in [1.54, 1.807) is 29.2 Å². The van der Waals surface area contributed by atoms with Gasteiger partial charge in [0.2, 0.25) is 0 Å². The lowest BCUT2D eigenvalue weighted by molar-refractivity contribution is 0.0160. The number of amides is 2. The average Bonchev–Trinajstić information content (AvgIpc) is 2.78. The second kappa shape index (κ2) is 9.34. The molecule has 1 aliphatic heterocycles. The maximum atomic E-state index is 12.4. The van der Waals surface area contributed by atoms with Gasteiger partial charge in [-0.05, 0) is 38.0 Å². The van der Waals surface area contributed by atoms with Crippen molar-refractivity contribution in [2.45, 2.75) is 43.9 Å². The van der Waals surface area contributed by atoms with Crippen LogP contribution in [-0.4, -0.2) is 64.1 Å². The molecule has 0 aliphatic carbocycles. The quantitative estimate of drug-likeness (QED) is 0.809. The van der Waals surface area contributed by atoms with Crippen molar-refractivity contribution in [3.05, 3.63) is 29.8 Å². The first kappa shape index (κ1) is 20.7. The van der Waals surface area contributed by atoms with Crippen molar-refractivity contribution in [1.82, 2.24) is 10.2 Å². The summed E-state index contributed by atoms with van der Waals surface area (Å²) in [5.74, 6) is -0.0484. The number of hydrogen-bond acceptors (Lipinski definition) is 5. The molecule has 8 heteroatoms. The van der Waals surface area contributed by atoms with Crippen molar-refractivity contribution >= 4 is 15.9 Å². The van der Waals surface area contributed by atoms with Crippen LogP contribution in [0.25, 0.3) is 0 Å². The van der Waals surface area contributed by atoms with E-state index in [1.165, 1.54) is 7.11 Å². The molecule has 146 valence electrons. The molecular weight excluding hydrogens is 356 g/mol. The van der Waals surface area contributed by atoms with Gasteiger partial charge in [0.25, 0.3) is 0 Å². The van der Waals surface area contributed by atoms with E-state index in [4.69, 9.17) is 9.47 Å². The Hall–Kier alpha value is -1.64. The number of nitrogens with zero attached hydrogens (tertiary/aromatic N) is 1. The number of carbonyl (C=O) groups is 1. The number of nitrogens with one attached hydrogen (secondary N) is 1. The fourth-order valence-corrected chi connectivity index (χ4v) is 4.02. The van der Waals surface area contributed by atoms with Crippen LogP contribution >= 0.6 is 0 Å². The van der Waals surface area contributed by atoms with Crippen LogP contribution in [0.2, 0.25) is 0 Å². The maximum absolute atomic E-state index is 12.4. The van der Waals surface area contributed by atoms with Crippen molar-refractivity contribution in [1.29, 1.82) is 0 Å². The van der Waals surface area contributed by atoms with Gasteiger partial charge < -0.3 is 19.7 Å². The summed E-state index contributed by atoms with van der Waals surface area (Å²) in [6.45, 7) is 5.71. The summed E-state index contributed by atoms with van der Waals surface area (Å²) in [5.41, 5.74) is 0.844. The van der Waals surface area contributed by atoms with Gasteiger partial charge in [-0.15, -0.1) is 0 Å². The van der Waals surface area contributed by atoms with Crippen molar-refractivity contribution in [3.8, 4) is 0 Å². The number of ether oxygens (including phenoxy) is 2. The second-order valence-corrected chi connectivity index (χ2v) is 8.72. The topological polar surface area (TPSA) is 84.9 Å². The van der Waals surface area contributed by atoms with E-state index in [1.807, 2.05) is 13.8 Å². The number of methoxy groups -OCH3 is 1. The summed E-state index contributed by atoms with van der Waals surface area (Å²) in [7, 11) is -1.87. The molecule has 1 heterocycles. The highest BCUT2D eigenvalue weighted by molar-refractivity contribution is 7.91. The molecule has 1 saturated heterocycles. The molecule has 1 aromatic rings. The van der Waals surface area contributed by atoms with E-state index in [0.717, 1.165) is 12.0 Å². The minimum Gasteiger partial charge on any atom is -0.384 e. The Kier molecular flexibility index (Phi) is 7.43. The normalized spacial score (nSPS) is 21.3. The third-order valence-corrected chi connectivity index (χ3v) is 6.01. The Balaban J connectivity index is 1.90. The minimum absolute atomic E-state index is 0.00911. The van der Waals surface area contributed by atoms with Crippen molar-refractivity contribution in [2.75, 3.05) is 32.6 Å². The number of hydrogen-bond donors (Lipinski definition) is 1. The van der Waals surface area contributed by atoms with Gasteiger partial charge in [-0.1, -0.05) is 12.1 Å². The van der Waals surface area contributed by atoms with Crippen LogP contribution in [0, 0.1) is 0 Å². The molecule has 1 N–H and O–H groups in total. The highest BCUT2D eigenvalue weighted by Gasteiger charge is 2.22. The Morgan fingerprint density at radius 1 is 1.27 bits per heavy atom. The predicted octanol–water partition coefficient (Wildman–Crippen LogP) is 1.82. The smallest absolute Gasteiger partial charge is 0.317 e. The standard InChI is InChI=1S/C18H28N2O5S/c1-14-8-9-20(13-15(2)25-14)18(21)19-12-16-4-6-17(7-5-16)26(22,23)11-10-24-3/h4-7,14-15H,8-13H2,1-3H3,(H,19,21)/t14-,15+/m1/s1. The van der Waals surface area contributed by atoms with Crippen LogP contribution in [0.5, 0.6) is 0 Å². The van der Waals surface area contributed by atoms with Crippen LogP contribution in [0.3, 0.4) is 0 Å². The first-order valence-corrected chi connectivity index (χ1v) is 10.5. The highest BCUT2D eigenvalue weighted by Crippen LogP contribution is 2.14. The zero-order valence-electron chi connectivity index (χ0n) is 15.6. The number of carbonyl (C=O) groups excluding carboxylic acids is 1. The van der Waals surface area contributed by atoms with Crippen molar-refractivity contribution in [2.24, 2.45) is 0 Å². The summed E-state index contributed by atoms with van der Waals surface area (Å²) in [5, 5.41) is 2.89. The Morgan fingerprint density at radius 2 is 1.96 bits per heavy atom. The maximum Gasteiger partial charge on any atom is 0.317 e. The van der Waals surface area contributed by atoms with Gasteiger partial charge in [-0.3, -0.25) is 0 Å². The lowest BCUT2D eigenvalue weighted by Gasteiger charge is -2.22. The number of rotatable bonds is 6. The molecule has 2 rings (SSSR count). The van der Waals surface area contributed by atoms with E-state index < -0.39 is 9.84 Å². The van der Waals surface area contributed by atoms with Gasteiger partial charge in [0.1, 0.15) is 0 Å². The van der Waals surface area contributed by atoms with Crippen LogP contribution in [-0.2, 0) is 25.9 Å². The third kappa shape index (κ3) is 5.96. The average molecular weight is 384 g/mol. The summed E-state index contributed by atoms with van der Waals surface area (Å²) in [6, 6.07) is 6.43. The Bertz CT molecular complexity index is 690. The Morgan fingerprint density at radius 3 is 2.62 bits per heavy atom. The zero-order chi connectivity index (χ0) is 19.2. The molecule has 1 aromatic carbocycles. The van der Waals surface area contributed by atoms with Crippen molar-refractivity contribution in [3.63, 3.8) is 0 Å². The molecule has 0 bridgehead atoms. The van der Waals surface area contributed by atoms with Crippen LogP contribution < -0.4 is 5.32 Å². The van der Waals surface area contributed by atoms with E-state index >= 15 is 0 Å². The van der Waals surface area contributed by atoms with Gasteiger partial charge in [0.05, 0.1) is 29.5 Å². The first-order valence-electron chi connectivity index (χ1n) is 8.80. The molecule has 0 radical (unpaired) electrons. The summed E-state index contributed by atoms with van der Waals surface area (Å²) < 4.78 is 34.8. The zero-order valence-corrected chi connectivity index (χ0v) is 16.4. The van der Waals surface area contributed by atoms with Gasteiger partial charge in [0.15, 0.2) is 9.84 Å². The lowest BCUT2D eigenvalue weighted by atomic mass is 10.2. The molecule has 0 saturated carbocycles. The van der Waals surface area contributed by atoms with Crippen LogP contribution in [0.4, 0.5) is 4.79 Å². The first-order chi connectivity index (χ1) is 12.3. The van der Waals surface area contributed by atoms with Gasteiger partial charge in [0, 0.05) is 26.7 Å². The fraction of sp³-hybridized carbons (Fsp3) is 0.611. The van der Waals surface area contributed by atoms with Gasteiger partial charge in [-0.2, -0.15) is 0 Å². The predicted molar refractivity (Wildman–Crippen MR) is 98.8 cm³/mol. The largest absolute Gasteiger partial charge is 0.384 e. The van der Waals surface area contributed by atoms with Crippen molar-refractivity contribution < 1.29 is 22.7 Å². The molecule has 0 spiro atoms. The van der Waals surface area contributed by atoms with E-state index in [9.17, 15) is 13.2 Å². The molecule has 1 fully saturated rings. The summed E-state index contributed by atoms with van der Waals surface area (Å²) in [6.07, 6.45) is 0.969. The number of urea groups is 1. The molecule has 1 aliphatic rings. The molecule has 0 aromatic heterocycles. The molecule has 0 unspecified atom stereocenters. The van der Waals surface area contributed by atoms with Crippen LogP contribution in [0.1, 0.15) is 25.8 Å². The van der Waals surface area contributed by atoms with E-state index in [0.29, 0.717) is 19.6 Å². The molecule has 2 amide bonds. The molecule has 7 nitrogen and oxygen atoms in total. The lowest BCUT2D eigenvalue weighted by Crippen LogP contribution is -2.42. The molecule has 26 heavy (non-hydrogen) atoms. The summed E-state index contributed by atoms with van der Waals surface area (Å²) >= 11 is 0. The SMILES string of the molecule is COCCS(=O)(=O)c1ccc(CNC(=O)N2CC[C@@H](C)O[C@@H](C)C2)cc1.